The summed E-state index contributed by atoms with van der Waals surface area (Å²) in [5, 5.41) is 9.16. The topological polar surface area (TPSA) is 118 Å². The summed E-state index contributed by atoms with van der Waals surface area (Å²) in [4.78, 5) is 38.0. The van der Waals surface area contributed by atoms with Gasteiger partial charge in [0.2, 0.25) is 0 Å². The molecule has 208 valence electrons. The van der Waals surface area contributed by atoms with E-state index in [0.717, 1.165) is 10.0 Å². The highest BCUT2D eigenvalue weighted by atomic mass is 79.9. The number of nitrogens with zero attached hydrogens (tertiary/aromatic N) is 1. The van der Waals surface area contributed by atoms with Crippen molar-refractivity contribution in [2.24, 2.45) is 5.10 Å². The number of benzene rings is 4. The lowest BCUT2D eigenvalue weighted by atomic mass is 10.1. The van der Waals surface area contributed by atoms with Crippen molar-refractivity contribution >= 4 is 51.2 Å². The van der Waals surface area contributed by atoms with Gasteiger partial charge < -0.3 is 20.1 Å². The summed E-state index contributed by atoms with van der Waals surface area (Å²) >= 11 is 3.42. The largest absolute Gasteiger partial charge is 0.494 e. The average molecular weight is 615 g/mol. The summed E-state index contributed by atoms with van der Waals surface area (Å²) in [6.45, 7) is 2.77. The Morgan fingerprint density at radius 1 is 0.829 bits per heavy atom. The highest BCUT2D eigenvalue weighted by Gasteiger charge is 2.18. The maximum atomic E-state index is 12.9. The zero-order valence-corrected chi connectivity index (χ0v) is 23.7. The van der Waals surface area contributed by atoms with E-state index in [-0.39, 0.29) is 11.3 Å². The van der Waals surface area contributed by atoms with E-state index in [2.05, 4.69) is 37.1 Å². The first kappa shape index (κ1) is 29.0. The predicted molar refractivity (Wildman–Crippen MR) is 161 cm³/mol. The molecule has 0 aliphatic carbocycles. The van der Waals surface area contributed by atoms with Gasteiger partial charge in [-0.15, -0.1) is 0 Å². The van der Waals surface area contributed by atoms with Crippen molar-refractivity contribution < 1.29 is 23.9 Å². The molecule has 3 N–H and O–H groups in total. The van der Waals surface area contributed by atoms with Gasteiger partial charge >= 0.3 is 11.8 Å². The SMILES string of the molecule is CCOc1ccc(NC(=O)c2ccccc2NC(=O)C(=O)NN=Cc2cc(Br)ccc2OCc2ccccc2)cc1. The van der Waals surface area contributed by atoms with Crippen LogP contribution < -0.4 is 25.5 Å². The zero-order chi connectivity index (χ0) is 29.0. The summed E-state index contributed by atoms with van der Waals surface area (Å²) in [5.74, 6) is -1.22. The number of nitrogens with one attached hydrogen (secondary N) is 3. The fraction of sp³-hybridized carbons (Fsp3) is 0.0968. The second-order valence-corrected chi connectivity index (χ2v) is 9.48. The lowest BCUT2D eigenvalue weighted by Gasteiger charge is -2.11. The molecular weight excluding hydrogens is 588 g/mol. The first-order valence-electron chi connectivity index (χ1n) is 12.7. The van der Waals surface area contributed by atoms with Gasteiger partial charge in [0.05, 0.1) is 24.1 Å². The fourth-order valence-corrected chi connectivity index (χ4v) is 4.05. The highest BCUT2D eigenvalue weighted by Crippen LogP contribution is 2.23. The summed E-state index contributed by atoms with van der Waals surface area (Å²) in [5.41, 5.74) is 4.70. The Hall–Kier alpha value is -4.96. The molecule has 0 unspecified atom stereocenters. The number of amides is 3. The molecule has 0 heterocycles. The van der Waals surface area contributed by atoms with Gasteiger partial charge in [-0.1, -0.05) is 58.4 Å². The molecule has 10 heteroatoms. The van der Waals surface area contributed by atoms with Gasteiger partial charge in [0.15, 0.2) is 0 Å². The van der Waals surface area contributed by atoms with E-state index in [9.17, 15) is 14.4 Å². The Kier molecular flexibility index (Phi) is 10.2. The van der Waals surface area contributed by atoms with Crippen LogP contribution in [0.5, 0.6) is 11.5 Å². The number of hydrogen-bond donors (Lipinski definition) is 3. The van der Waals surface area contributed by atoms with E-state index in [0.29, 0.717) is 36.0 Å². The smallest absolute Gasteiger partial charge is 0.329 e. The van der Waals surface area contributed by atoms with Gasteiger partial charge in [-0.2, -0.15) is 5.10 Å². The number of ether oxygens (including phenoxy) is 2. The van der Waals surface area contributed by atoms with E-state index >= 15 is 0 Å². The van der Waals surface area contributed by atoms with Crippen LogP contribution in [0, 0.1) is 0 Å². The molecule has 0 aliphatic rings. The molecule has 4 aromatic carbocycles. The molecule has 41 heavy (non-hydrogen) atoms. The van der Waals surface area contributed by atoms with Crippen LogP contribution in [0.15, 0.2) is 107 Å². The molecule has 0 atom stereocenters. The second kappa shape index (κ2) is 14.4. The van der Waals surface area contributed by atoms with Crippen molar-refractivity contribution in [2.75, 3.05) is 17.2 Å². The molecule has 4 aromatic rings. The van der Waals surface area contributed by atoms with Crippen LogP contribution in [-0.2, 0) is 16.2 Å². The Morgan fingerprint density at radius 3 is 2.32 bits per heavy atom. The van der Waals surface area contributed by atoms with Crippen LogP contribution in [0.4, 0.5) is 11.4 Å². The number of hydrogen-bond acceptors (Lipinski definition) is 6. The zero-order valence-electron chi connectivity index (χ0n) is 22.1. The number of halogens is 1. The molecule has 0 spiro atoms. The molecule has 0 aromatic heterocycles. The van der Waals surface area contributed by atoms with Gasteiger partial charge in [0, 0.05) is 15.7 Å². The van der Waals surface area contributed by atoms with E-state index in [1.807, 2.05) is 43.3 Å². The first-order chi connectivity index (χ1) is 19.9. The van der Waals surface area contributed by atoms with Crippen LogP contribution in [0.25, 0.3) is 0 Å². The van der Waals surface area contributed by atoms with Crippen molar-refractivity contribution in [3.05, 3.63) is 118 Å². The van der Waals surface area contributed by atoms with Crippen molar-refractivity contribution in [1.82, 2.24) is 5.43 Å². The quantitative estimate of drug-likeness (QED) is 0.119. The third kappa shape index (κ3) is 8.51. The normalized spacial score (nSPS) is 10.6. The van der Waals surface area contributed by atoms with E-state index < -0.39 is 17.7 Å². The predicted octanol–water partition coefficient (Wildman–Crippen LogP) is 5.77. The minimum atomic E-state index is -1.01. The Morgan fingerprint density at radius 2 is 1.56 bits per heavy atom. The molecular formula is C31H27BrN4O5. The van der Waals surface area contributed by atoms with Gasteiger partial charge in [-0.3, -0.25) is 14.4 Å². The molecule has 9 nitrogen and oxygen atoms in total. The van der Waals surface area contributed by atoms with E-state index in [1.165, 1.54) is 12.3 Å². The molecule has 0 saturated heterocycles. The second-order valence-electron chi connectivity index (χ2n) is 8.57. The standard InChI is InChI=1S/C31H27BrN4O5/c1-2-40-25-15-13-24(14-16-25)34-29(37)26-10-6-7-11-27(26)35-30(38)31(39)36-33-19-22-18-23(32)12-17-28(22)41-20-21-8-4-3-5-9-21/h3-19H,2,20H2,1H3,(H,34,37)(H,35,38)(H,36,39). The third-order valence-corrected chi connectivity index (χ3v) is 6.12. The van der Waals surface area contributed by atoms with E-state index in [4.69, 9.17) is 9.47 Å². The Bertz CT molecular complexity index is 1540. The monoisotopic (exact) mass is 614 g/mol. The number of para-hydroxylation sites is 1. The number of rotatable bonds is 10. The maximum Gasteiger partial charge on any atom is 0.329 e. The van der Waals surface area contributed by atoms with E-state index in [1.54, 1.807) is 54.6 Å². The minimum absolute atomic E-state index is 0.170. The lowest BCUT2D eigenvalue weighted by molar-refractivity contribution is -0.136. The number of carbonyl (C=O) groups excluding carboxylic acids is 3. The van der Waals surface area contributed by atoms with Crippen LogP contribution in [-0.4, -0.2) is 30.5 Å². The maximum absolute atomic E-state index is 12.9. The number of anilines is 2. The summed E-state index contributed by atoms with van der Waals surface area (Å²) < 4.78 is 12.1. The summed E-state index contributed by atoms with van der Waals surface area (Å²) in [6.07, 6.45) is 1.38. The lowest BCUT2D eigenvalue weighted by Crippen LogP contribution is -2.33. The molecule has 0 aliphatic heterocycles. The molecule has 0 saturated carbocycles. The third-order valence-electron chi connectivity index (χ3n) is 5.63. The van der Waals surface area contributed by atoms with Gasteiger partial charge in [-0.25, -0.2) is 5.43 Å². The highest BCUT2D eigenvalue weighted by molar-refractivity contribution is 9.10. The Balaban J connectivity index is 1.36. The molecule has 0 radical (unpaired) electrons. The fourth-order valence-electron chi connectivity index (χ4n) is 3.67. The summed E-state index contributed by atoms with van der Waals surface area (Å²) in [7, 11) is 0. The molecule has 4 rings (SSSR count). The average Bonchev–Trinajstić information content (AvgIpc) is 2.98. The van der Waals surface area contributed by atoms with Crippen molar-refractivity contribution in [3.63, 3.8) is 0 Å². The molecule has 0 fully saturated rings. The first-order valence-corrected chi connectivity index (χ1v) is 13.5. The van der Waals surface area contributed by atoms with Crippen molar-refractivity contribution in [3.8, 4) is 11.5 Å². The summed E-state index contributed by atoms with van der Waals surface area (Å²) in [6, 6.07) is 28.3. The molecule has 0 bridgehead atoms. The van der Waals surface area contributed by atoms with Gasteiger partial charge in [0.1, 0.15) is 18.1 Å². The number of hydrazone groups is 1. The van der Waals surface area contributed by atoms with Gasteiger partial charge in [-0.05, 0) is 67.1 Å². The number of carbonyl (C=O) groups is 3. The molecule has 3 amide bonds. The minimum Gasteiger partial charge on any atom is -0.494 e. The van der Waals surface area contributed by atoms with Crippen LogP contribution in [0.2, 0.25) is 0 Å². The van der Waals surface area contributed by atoms with Crippen LogP contribution in [0.3, 0.4) is 0 Å². The van der Waals surface area contributed by atoms with Crippen LogP contribution in [0.1, 0.15) is 28.4 Å². The van der Waals surface area contributed by atoms with Gasteiger partial charge in [0.25, 0.3) is 5.91 Å². The van der Waals surface area contributed by atoms with Crippen LogP contribution >= 0.6 is 15.9 Å². The van der Waals surface area contributed by atoms with Crippen molar-refractivity contribution in [2.45, 2.75) is 13.5 Å². The Labute approximate surface area is 245 Å². The van der Waals surface area contributed by atoms with Crippen molar-refractivity contribution in [1.29, 1.82) is 0 Å².